The Morgan fingerprint density at radius 2 is 2.35 bits per heavy atom. The number of methoxy groups -OCH3 is 1. The van der Waals surface area contributed by atoms with Gasteiger partial charge in [0.2, 0.25) is 0 Å². The van der Waals surface area contributed by atoms with Crippen molar-refractivity contribution in [3.8, 4) is 0 Å². The van der Waals surface area contributed by atoms with Gasteiger partial charge in [-0.15, -0.1) is 0 Å². The topological polar surface area (TPSA) is 58.6 Å². The summed E-state index contributed by atoms with van der Waals surface area (Å²) in [6.07, 6.45) is -0.0974. The highest BCUT2D eigenvalue weighted by Crippen LogP contribution is 2.10. The molecule has 1 amide bonds. The van der Waals surface area contributed by atoms with Gasteiger partial charge in [0.25, 0.3) is 5.91 Å². The van der Waals surface area contributed by atoms with Crippen LogP contribution in [0.3, 0.4) is 0 Å². The van der Waals surface area contributed by atoms with E-state index >= 15 is 0 Å². The van der Waals surface area contributed by atoms with Gasteiger partial charge in [0.15, 0.2) is 0 Å². The molecule has 0 aliphatic rings. The van der Waals surface area contributed by atoms with Crippen LogP contribution in [-0.4, -0.2) is 37.4 Å². The number of carbonyl (C=O) groups excluding carboxylic acids is 1. The first-order valence-electron chi connectivity index (χ1n) is 5.34. The highest BCUT2D eigenvalue weighted by Gasteiger charge is 2.07. The molecular weight excluding hydrogens is 242 g/mol. The number of hydrogen-bond acceptors (Lipinski definition) is 3. The second kappa shape index (κ2) is 7.27. The number of aliphatic hydroxyl groups excluding tert-OH is 1. The van der Waals surface area contributed by atoms with Gasteiger partial charge in [0.1, 0.15) is 0 Å². The van der Waals surface area contributed by atoms with Gasteiger partial charge in [0, 0.05) is 24.2 Å². The summed E-state index contributed by atoms with van der Waals surface area (Å²) in [6.45, 7) is 0.670. The molecule has 0 aliphatic heterocycles. The second-order valence-corrected chi connectivity index (χ2v) is 4.10. The van der Waals surface area contributed by atoms with Crippen LogP contribution in [0.2, 0.25) is 5.02 Å². The molecule has 1 aromatic rings. The third kappa shape index (κ3) is 5.17. The first kappa shape index (κ1) is 14.0. The molecule has 0 radical (unpaired) electrons. The summed E-state index contributed by atoms with van der Waals surface area (Å²) in [4.78, 5) is 11.7. The van der Waals surface area contributed by atoms with Crippen LogP contribution in [0, 0.1) is 0 Å². The van der Waals surface area contributed by atoms with Crippen LogP contribution < -0.4 is 5.32 Å². The predicted molar refractivity (Wildman–Crippen MR) is 66.3 cm³/mol. The Labute approximate surface area is 106 Å². The Hall–Kier alpha value is -1.10. The van der Waals surface area contributed by atoms with Crippen molar-refractivity contribution in [2.75, 3.05) is 20.3 Å². The molecule has 0 heterocycles. The largest absolute Gasteiger partial charge is 0.391 e. The van der Waals surface area contributed by atoms with E-state index < -0.39 is 6.10 Å². The molecule has 0 aromatic heterocycles. The molecular formula is C12H16ClNO3. The average Bonchev–Trinajstić information content (AvgIpc) is 2.29. The lowest BCUT2D eigenvalue weighted by Crippen LogP contribution is -2.28. The number of amides is 1. The molecule has 94 valence electrons. The number of halogens is 1. The highest BCUT2D eigenvalue weighted by molar-refractivity contribution is 6.30. The van der Waals surface area contributed by atoms with Crippen molar-refractivity contribution in [2.24, 2.45) is 0 Å². The van der Waals surface area contributed by atoms with Gasteiger partial charge >= 0.3 is 0 Å². The molecule has 1 unspecified atom stereocenters. The van der Waals surface area contributed by atoms with E-state index in [-0.39, 0.29) is 12.5 Å². The SMILES string of the molecule is COCC(O)CCNC(=O)c1cccc(Cl)c1. The minimum absolute atomic E-state index is 0.197. The minimum Gasteiger partial charge on any atom is -0.391 e. The molecule has 0 saturated heterocycles. The van der Waals surface area contributed by atoms with Crippen molar-refractivity contribution in [1.82, 2.24) is 5.32 Å². The zero-order chi connectivity index (χ0) is 12.7. The number of carbonyl (C=O) groups is 1. The zero-order valence-corrected chi connectivity index (χ0v) is 10.4. The monoisotopic (exact) mass is 257 g/mol. The van der Waals surface area contributed by atoms with Gasteiger partial charge in [-0.25, -0.2) is 0 Å². The number of nitrogens with one attached hydrogen (secondary N) is 1. The van der Waals surface area contributed by atoms with Crippen LogP contribution in [0.25, 0.3) is 0 Å². The third-order valence-electron chi connectivity index (χ3n) is 2.21. The fourth-order valence-electron chi connectivity index (χ4n) is 1.36. The van der Waals surface area contributed by atoms with E-state index in [1.54, 1.807) is 24.3 Å². The van der Waals surface area contributed by atoms with Gasteiger partial charge in [-0.2, -0.15) is 0 Å². The number of aliphatic hydroxyl groups is 1. The number of rotatable bonds is 6. The fraction of sp³-hybridized carbons (Fsp3) is 0.417. The van der Waals surface area contributed by atoms with Gasteiger partial charge < -0.3 is 15.2 Å². The van der Waals surface area contributed by atoms with Crippen molar-refractivity contribution in [2.45, 2.75) is 12.5 Å². The van der Waals surface area contributed by atoms with E-state index in [1.165, 1.54) is 7.11 Å². The Bertz CT molecular complexity index is 371. The van der Waals surface area contributed by atoms with Crippen LogP contribution in [0.15, 0.2) is 24.3 Å². The van der Waals surface area contributed by atoms with Gasteiger partial charge in [-0.3, -0.25) is 4.79 Å². The average molecular weight is 258 g/mol. The van der Waals surface area contributed by atoms with Crippen molar-refractivity contribution in [3.63, 3.8) is 0 Å². The van der Waals surface area contributed by atoms with Crippen molar-refractivity contribution < 1.29 is 14.6 Å². The first-order chi connectivity index (χ1) is 8.13. The summed E-state index contributed by atoms with van der Waals surface area (Å²) in [6, 6.07) is 6.72. The summed E-state index contributed by atoms with van der Waals surface area (Å²) in [7, 11) is 1.52. The van der Waals surface area contributed by atoms with Gasteiger partial charge in [-0.1, -0.05) is 17.7 Å². The molecule has 0 aliphatic carbocycles. The van der Waals surface area contributed by atoms with E-state index in [0.717, 1.165) is 0 Å². The number of ether oxygens (including phenoxy) is 1. The fourth-order valence-corrected chi connectivity index (χ4v) is 1.55. The molecule has 5 heteroatoms. The summed E-state index contributed by atoms with van der Waals surface area (Å²) >= 11 is 5.78. The Morgan fingerprint density at radius 3 is 3.00 bits per heavy atom. The smallest absolute Gasteiger partial charge is 0.251 e. The van der Waals surface area contributed by atoms with Crippen LogP contribution in [0.4, 0.5) is 0 Å². The maximum atomic E-state index is 11.7. The van der Waals surface area contributed by atoms with E-state index in [0.29, 0.717) is 23.6 Å². The predicted octanol–water partition coefficient (Wildman–Crippen LogP) is 1.47. The maximum absolute atomic E-state index is 11.7. The zero-order valence-electron chi connectivity index (χ0n) is 9.65. The summed E-state index contributed by atoms with van der Waals surface area (Å²) in [5, 5.41) is 12.6. The Kier molecular flexibility index (Phi) is 5.97. The van der Waals surface area contributed by atoms with E-state index in [2.05, 4.69) is 5.32 Å². The minimum atomic E-state index is -0.556. The molecule has 0 spiro atoms. The number of benzene rings is 1. The van der Waals surface area contributed by atoms with Crippen molar-refractivity contribution >= 4 is 17.5 Å². The lowest BCUT2D eigenvalue weighted by Gasteiger charge is -2.10. The lowest BCUT2D eigenvalue weighted by molar-refractivity contribution is 0.0587. The van der Waals surface area contributed by atoms with Crippen LogP contribution in [-0.2, 0) is 4.74 Å². The summed E-state index contributed by atoms with van der Waals surface area (Å²) in [5.74, 6) is -0.197. The summed E-state index contributed by atoms with van der Waals surface area (Å²) < 4.78 is 4.78. The molecule has 1 aromatic carbocycles. The van der Waals surface area contributed by atoms with Gasteiger partial charge in [-0.05, 0) is 24.6 Å². The molecule has 1 rings (SSSR count). The molecule has 0 fully saturated rings. The Morgan fingerprint density at radius 1 is 1.59 bits per heavy atom. The van der Waals surface area contributed by atoms with Crippen molar-refractivity contribution in [3.05, 3.63) is 34.9 Å². The first-order valence-corrected chi connectivity index (χ1v) is 5.72. The Balaban J connectivity index is 2.35. The van der Waals surface area contributed by atoms with Crippen LogP contribution in [0.1, 0.15) is 16.8 Å². The van der Waals surface area contributed by atoms with Crippen molar-refractivity contribution in [1.29, 1.82) is 0 Å². The van der Waals surface area contributed by atoms with E-state index in [1.807, 2.05) is 0 Å². The standard InChI is InChI=1S/C12H16ClNO3/c1-17-8-11(15)5-6-14-12(16)9-3-2-4-10(13)7-9/h2-4,7,11,15H,5-6,8H2,1H3,(H,14,16). The summed E-state index contributed by atoms with van der Waals surface area (Å²) in [5.41, 5.74) is 0.513. The lowest BCUT2D eigenvalue weighted by atomic mass is 10.2. The normalized spacial score (nSPS) is 12.2. The highest BCUT2D eigenvalue weighted by atomic mass is 35.5. The molecule has 2 N–H and O–H groups in total. The molecule has 17 heavy (non-hydrogen) atoms. The molecule has 4 nitrogen and oxygen atoms in total. The van der Waals surface area contributed by atoms with Crippen LogP contribution in [0.5, 0.6) is 0 Å². The number of hydrogen-bond donors (Lipinski definition) is 2. The second-order valence-electron chi connectivity index (χ2n) is 3.66. The van der Waals surface area contributed by atoms with E-state index in [9.17, 15) is 9.90 Å². The molecule has 0 saturated carbocycles. The van der Waals surface area contributed by atoms with Crippen LogP contribution >= 0.6 is 11.6 Å². The molecule has 1 atom stereocenters. The van der Waals surface area contributed by atoms with Gasteiger partial charge in [0.05, 0.1) is 12.7 Å². The maximum Gasteiger partial charge on any atom is 0.251 e. The molecule has 0 bridgehead atoms. The quantitative estimate of drug-likeness (QED) is 0.811. The van der Waals surface area contributed by atoms with E-state index in [4.69, 9.17) is 16.3 Å². The third-order valence-corrected chi connectivity index (χ3v) is 2.44.